The number of benzene rings is 1. The normalized spacial score (nSPS) is 15.9. The van der Waals surface area contributed by atoms with Crippen LogP contribution in [0.4, 0.5) is 10.1 Å². The van der Waals surface area contributed by atoms with Gasteiger partial charge in [0.05, 0.1) is 17.9 Å². The third-order valence-corrected chi connectivity index (χ3v) is 4.71. The van der Waals surface area contributed by atoms with Crippen molar-refractivity contribution in [3.8, 4) is 5.69 Å². The molecule has 8 nitrogen and oxygen atoms in total. The van der Waals surface area contributed by atoms with Crippen molar-refractivity contribution in [1.29, 1.82) is 0 Å². The van der Waals surface area contributed by atoms with Crippen molar-refractivity contribution in [3.05, 3.63) is 30.3 Å². The zero-order valence-corrected chi connectivity index (χ0v) is 14.9. The Bertz CT molecular complexity index is 714. The third-order valence-electron chi connectivity index (χ3n) is 4.71. The minimum absolute atomic E-state index is 0.131. The summed E-state index contributed by atoms with van der Waals surface area (Å²) in [6.07, 6.45) is 4.78. The Morgan fingerprint density at radius 1 is 1.35 bits per heavy atom. The van der Waals surface area contributed by atoms with Crippen LogP contribution in [0.1, 0.15) is 19.3 Å². The van der Waals surface area contributed by atoms with E-state index in [-0.39, 0.29) is 18.1 Å². The molecule has 0 spiro atoms. The van der Waals surface area contributed by atoms with Crippen LogP contribution >= 0.6 is 0 Å². The van der Waals surface area contributed by atoms with Crippen LogP contribution in [0, 0.1) is 11.7 Å². The van der Waals surface area contributed by atoms with E-state index in [9.17, 15) is 9.18 Å². The van der Waals surface area contributed by atoms with Gasteiger partial charge in [-0.1, -0.05) is 0 Å². The van der Waals surface area contributed by atoms with E-state index in [1.807, 2.05) is 7.05 Å². The molecule has 1 aromatic carbocycles. The predicted molar refractivity (Wildman–Crippen MR) is 95.4 cm³/mol. The maximum atomic E-state index is 14.0. The van der Waals surface area contributed by atoms with Crippen molar-refractivity contribution in [2.75, 3.05) is 38.5 Å². The van der Waals surface area contributed by atoms with E-state index in [4.69, 9.17) is 0 Å². The Labute approximate surface area is 151 Å². The molecule has 2 N–H and O–H groups in total. The summed E-state index contributed by atoms with van der Waals surface area (Å²) in [6.45, 7) is 3.10. The summed E-state index contributed by atoms with van der Waals surface area (Å²) in [5, 5.41) is 16.7. The van der Waals surface area contributed by atoms with E-state index >= 15 is 0 Å². The van der Waals surface area contributed by atoms with Crippen molar-refractivity contribution in [2.45, 2.75) is 19.3 Å². The molecule has 0 aliphatic carbocycles. The molecule has 1 fully saturated rings. The highest BCUT2D eigenvalue weighted by molar-refractivity contribution is 5.92. The van der Waals surface area contributed by atoms with Crippen molar-refractivity contribution in [2.24, 2.45) is 5.92 Å². The Kier molecular flexibility index (Phi) is 6.24. The van der Waals surface area contributed by atoms with Gasteiger partial charge in [0.1, 0.15) is 12.1 Å². The number of halogens is 1. The average molecular weight is 361 g/mol. The van der Waals surface area contributed by atoms with Crippen molar-refractivity contribution in [1.82, 2.24) is 30.4 Å². The number of anilines is 1. The second kappa shape index (κ2) is 8.81. The van der Waals surface area contributed by atoms with Gasteiger partial charge in [-0.3, -0.25) is 9.69 Å². The molecule has 140 valence electrons. The molecule has 26 heavy (non-hydrogen) atoms. The Hall–Kier alpha value is -2.39. The highest BCUT2D eigenvalue weighted by atomic mass is 19.1. The average Bonchev–Trinajstić information content (AvgIpc) is 3.17. The SMILES string of the molecule is CNCCC1CCN(CC(=O)Nc2cc(-n3cnnn3)ccc2F)CC1. The van der Waals surface area contributed by atoms with Crippen molar-refractivity contribution >= 4 is 11.6 Å². The standard InChI is InChI=1S/C17H24FN7O/c1-19-7-4-13-5-8-24(9-6-13)11-17(26)21-16-10-14(2-3-15(16)18)25-12-20-22-23-25/h2-3,10,12-13,19H,4-9,11H2,1H3,(H,21,26). The molecular weight excluding hydrogens is 337 g/mol. The number of carbonyl (C=O) groups excluding carboxylic acids is 1. The summed E-state index contributed by atoms with van der Waals surface area (Å²) in [4.78, 5) is 14.4. The molecule has 9 heteroatoms. The van der Waals surface area contributed by atoms with Gasteiger partial charge in [0, 0.05) is 0 Å². The molecule has 2 aromatic rings. The predicted octanol–water partition coefficient (Wildman–Crippen LogP) is 1.06. The molecule has 2 heterocycles. The van der Waals surface area contributed by atoms with Crippen LogP contribution in [-0.4, -0.2) is 64.2 Å². The summed E-state index contributed by atoms with van der Waals surface area (Å²) in [5.74, 6) is 0.0135. The molecule has 0 saturated carbocycles. The van der Waals surface area contributed by atoms with E-state index in [1.165, 1.54) is 29.6 Å². The first-order chi connectivity index (χ1) is 12.7. The molecule has 1 amide bonds. The second-order valence-corrected chi connectivity index (χ2v) is 6.58. The van der Waals surface area contributed by atoms with Crippen molar-refractivity contribution < 1.29 is 9.18 Å². The Morgan fingerprint density at radius 2 is 2.15 bits per heavy atom. The topological polar surface area (TPSA) is 88.0 Å². The van der Waals surface area contributed by atoms with E-state index in [2.05, 4.69) is 31.1 Å². The summed E-state index contributed by atoms with van der Waals surface area (Å²) >= 11 is 0. The molecule has 0 atom stereocenters. The lowest BCUT2D eigenvalue weighted by Crippen LogP contribution is -2.39. The van der Waals surface area contributed by atoms with Crippen LogP contribution in [0.3, 0.4) is 0 Å². The van der Waals surface area contributed by atoms with E-state index in [1.54, 1.807) is 6.07 Å². The van der Waals surface area contributed by atoms with Gasteiger partial charge in [-0.05, 0) is 80.5 Å². The van der Waals surface area contributed by atoms with Gasteiger partial charge in [0.15, 0.2) is 0 Å². The zero-order chi connectivity index (χ0) is 18.4. The minimum Gasteiger partial charge on any atom is -0.322 e. The number of nitrogens with zero attached hydrogens (tertiary/aromatic N) is 5. The number of aromatic nitrogens is 4. The van der Waals surface area contributed by atoms with E-state index < -0.39 is 5.82 Å². The number of hydrogen-bond acceptors (Lipinski definition) is 6. The lowest BCUT2D eigenvalue weighted by Gasteiger charge is -2.31. The van der Waals surface area contributed by atoms with Crippen LogP contribution in [0.5, 0.6) is 0 Å². The van der Waals surface area contributed by atoms with Crippen LogP contribution in [-0.2, 0) is 4.79 Å². The van der Waals surface area contributed by atoms with Crippen LogP contribution < -0.4 is 10.6 Å². The highest BCUT2D eigenvalue weighted by Gasteiger charge is 2.21. The van der Waals surface area contributed by atoms with Gasteiger partial charge in [-0.15, -0.1) is 5.10 Å². The quantitative estimate of drug-likeness (QED) is 0.767. The maximum absolute atomic E-state index is 14.0. The Balaban J connectivity index is 1.53. The number of nitrogens with one attached hydrogen (secondary N) is 2. The molecular formula is C17H24FN7O. The fourth-order valence-corrected chi connectivity index (χ4v) is 3.21. The number of rotatable bonds is 7. The monoisotopic (exact) mass is 361 g/mol. The van der Waals surface area contributed by atoms with Gasteiger partial charge >= 0.3 is 0 Å². The lowest BCUT2D eigenvalue weighted by atomic mass is 9.93. The van der Waals surface area contributed by atoms with Crippen molar-refractivity contribution in [3.63, 3.8) is 0 Å². The molecule has 0 unspecified atom stereocenters. The summed E-state index contributed by atoms with van der Waals surface area (Å²) in [7, 11) is 1.97. The van der Waals surface area contributed by atoms with E-state index in [0.29, 0.717) is 11.6 Å². The molecule has 1 aliphatic rings. The van der Waals surface area contributed by atoms with Gasteiger partial charge in [-0.25, -0.2) is 9.07 Å². The number of hydrogen-bond donors (Lipinski definition) is 2. The van der Waals surface area contributed by atoms with Gasteiger partial charge in [0.25, 0.3) is 0 Å². The number of tetrazole rings is 1. The smallest absolute Gasteiger partial charge is 0.238 e. The Morgan fingerprint density at radius 3 is 2.85 bits per heavy atom. The molecule has 3 rings (SSSR count). The van der Waals surface area contributed by atoms with Crippen LogP contribution in [0.15, 0.2) is 24.5 Å². The largest absolute Gasteiger partial charge is 0.322 e. The minimum atomic E-state index is -0.485. The summed E-state index contributed by atoms with van der Waals surface area (Å²) in [6, 6.07) is 4.37. The molecule has 1 aliphatic heterocycles. The zero-order valence-electron chi connectivity index (χ0n) is 14.9. The molecule has 0 bridgehead atoms. The first kappa shape index (κ1) is 18.4. The fourth-order valence-electron chi connectivity index (χ4n) is 3.21. The highest BCUT2D eigenvalue weighted by Crippen LogP contribution is 2.21. The molecule has 0 radical (unpaired) electrons. The van der Waals surface area contributed by atoms with Crippen LogP contribution in [0.2, 0.25) is 0 Å². The first-order valence-electron chi connectivity index (χ1n) is 8.85. The van der Waals surface area contributed by atoms with Gasteiger partial charge in [-0.2, -0.15) is 0 Å². The maximum Gasteiger partial charge on any atom is 0.238 e. The number of amides is 1. The molecule has 1 aromatic heterocycles. The van der Waals surface area contributed by atoms with Crippen LogP contribution in [0.25, 0.3) is 5.69 Å². The lowest BCUT2D eigenvalue weighted by molar-refractivity contribution is -0.117. The number of likely N-dealkylation sites (tertiary alicyclic amines) is 1. The van der Waals surface area contributed by atoms with Gasteiger partial charge in [0.2, 0.25) is 5.91 Å². The van der Waals surface area contributed by atoms with Gasteiger partial charge < -0.3 is 10.6 Å². The number of piperidine rings is 1. The first-order valence-corrected chi connectivity index (χ1v) is 8.85. The molecule has 1 saturated heterocycles. The third kappa shape index (κ3) is 4.83. The summed E-state index contributed by atoms with van der Waals surface area (Å²) in [5.41, 5.74) is 0.712. The number of carbonyl (C=O) groups is 1. The summed E-state index contributed by atoms with van der Waals surface area (Å²) < 4.78 is 15.4. The fraction of sp³-hybridized carbons (Fsp3) is 0.529. The van der Waals surface area contributed by atoms with E-state index in [0.717, 1.165) is 32.5 Å². The second-order valence-electron chi connectivity index (χ2n) is 6.58.